The lowest BCUT2D eigenvalue weighted by molar-refractivity contribution is -0.161. The zero-order valence-corrected chi connectivity index (χ0v) is 31.8. The molecule has 2 aliphatic heterocycles. The van der Waals surface area contributed by atoms with E-state index >= 15 is 0 Å². The summed E-state index contributed by atoms with van der Waals surface area (Å²) in [4.78, 5) is 29.4. The molecule has 0 N–H and O–H groups in total. The van der Waals surface area contributed by atoms with Crippen molar-refractivity contribution < 1.29 is 19.1 Å². The molecule has 4 atom stereocenters. The van der Waals surface area contributed by atoms with E-state index in [4.69, 9.17) is 55.9 Å². The van der Waals surface area contributed by atoms with Crippen molar-refractivity contribution >= 4 is 58.2 Å². The second kappa shape index (κ2) is 16.9. The van der Waals surface area contributed by atoms with Crippen LogP contribution in [0.2, 0.25) is 20.1 Å². The predicted octanol–water partition coefficient (Wildman–Crippen LogP) is 10.9. The van der Waals surface area contributed by atoms with E-state index in [1.807, 2.05) is 107 Å². The van der Waals surface area contributed by atoms with Gasteiger partial charge in [-0.25, -0.2) is 0 Å². The van der Waals surface area contributed by atoms with E-state index in [1.54, 1.807) is 0 Å². The minimum Gasteiger partial charge on any atom is -0.361 e. The SMILES string of the molecule is O=C1CO[C@@H](c2cccc(Cl)c2)[C@@H](c2ccc(Cl)cc2)N1CC1CCC1.O=C1CO[C@H](c2cccc(Cl)c2)[C@H](c2ccc(Cl)cc2)N1CC1CCC1. The van der Waals surface area contributed by atoms with Gasteiger partial charge in [0.1, 0.15) is 25.4 Å². The molecule has 0 radical (unpaired) electrons. The number of hydrogen-bond acceptors (Lipinski definition) is 4. The minimum atomic E-state index is -0.243. The van der Waals surface area contributed by atoms with E-state index in [1.165, 1.54) is 38.5 Å². The van der Waals surface area contributed by atoms with Gasteiger partial charge in [0.2, 0.25) is 11.8 Å². The molecule has 0 unspecified atom stereocenters. The molecule has 2 saturated heterocycles. The molecule has 2 aliphatic carbocycles. The summed E-state index contributed by atoms with van der Waals surface area (Å²) in [6.45, 7) is 1.78. The van der Waals surface area contributed by atoms with Crippen molar-refractivity contribution in [2.75, 3.05) is 26.3 Å². The highest BCUT2D eigenvalue weighted by atomic mass is 35.5. The van der Waals surface area contributed by atoms with Gasteiger partial charge in [-0.15, -0.1) is 0 Å². The number of carbonyl (C=O) groups excluding carboxylic acids is 2. The zero-order valence-electron chi connectivity index (χ0n) is 28.8. The highest BCUT2D eigenvalue weighted by molar-refractivity contribution is 6.31. The van der Waals surface area contributed by atoms with E-state index in [0.717, 1.165) is 35.3 Å². The van der Waals surface area contributed by atoms with Crippen molar-refractivity contribution in [3.05, 3.63) is 139 Å². The average molecular weight is 781 g/mol. The van der Waals surface area contributed by atoms with Gasteiger partial charge in [0.25, 0.3) is 0 Å². The molecule has 4 fully saturated rings. The highest BCUT2D eigenvalue weighted by Gasteiger charge is 2.41. The van der Waals surface area contributed by atoms with Gasteiger partial charge in [0.15, 0.2) is 0 Å². The summed E-state index contributed by atoms with van der Waals surface area (Å²) in [7, 11) is 0. The fourth-order valence-corrected chi connectivity index (χ4v) is 8.25. The Morgan fingerprint density at radius 1 is 0.500 bits per heavy atom. The molecule has 2 heterocycles. The maximum Gasteiger partial charge on any atom is 0.249 e. The van der Waals surface area contributed by atoms with Crippen molar-refractivity contribution in [3.8, 4) is 0 Å². The van der Waals surface area contributed by atoms with Gasteiger partial charge in [0.05, 0.1) is 12.1 Å². The second-order valence-electron chi connectivity index (χ2n) is 14.3. The molecule has 4 aliphatic rings. The van der Waals surface area contributed by atoms with E-state index in [2.05, 4.69) is 0 Å². The Labute approximate surface area is 325 Å². The van der Waals surface area contributed by atoms with E-state index in [0.29, 0.717) is 31.9 Å². The molecule has 0 aromatic heterocycles. The zero-order chi connectivity index (χ0) is 36.2. The van der Waals surface area contributed by atoms with Gasteiger partial charge in [-0.1, -0.05) is 108 Å². The van der Waals surface area contributed by atoms with Crippen molar-refractivity contribution in [1.82, 2.24) is 9.80 Å². The van der Waals surface area contributed by atoms with Gasteiger partial charge >= 0.3 is 0 Å². The van der Waals surface area contributed by atoms with E-state index in [9.17, 15) is 9.59 Å². The summed E-state index contributed by atoms with van der Waals surface area (Å²) in [6.07, 6.45) is 6.80. The summed E-state index contributed by atoms with van der Waals surface area (Å²) in [5.74, 6) is 1.28. The van der Waals surface area contributed by atoms with Crippen LogP contribution in [-0.4, -0.2) is 47.9 Å². The first kappa shape index (κ1) is 37.2. The Morgan fingerprint density at radius 2 is 0.885 bits per heavy atom. The van der Waals surface area contributed by atoms with Crippen LogP contribution in [-0.2, 0) is 19.1 Å². The lowest BCUT2D eigenvalue weighted by Crippen LogP contribution is -2.48. The van der Waals surface area contributed by atoms with Crippen molar-refractivity contribution in [2.45, 2.75) is 62.8 Å². The summed E-state index contributed by atoms with van der Waals surface area (Å²) in [6, 6.07) is 30.5. The fourth-order valence-electron chi connectivity index (χ4n) is 7.60. The molecule has 52 heavy (non-hydrogen) atoms. The smallest absolute Gasteiger partial charge is 0.249 e. The van der Waals surface area contributed by atoms with Gasteiger partial charge in [-0.05, 0) is 108 Å². The van der Waals surface area contributed by atoms with Crippen LogP contribution in [0, 0.1) is 11.8 Å². The number of morpholine rings is 2. The Balaban J connectivity index is 0.000000162. The lowest BCUT2D eigenvalue weighted by atomic mass is 9.83. The Morgan fingerprint density at radius 3 is 1.21 bits per heavy atom. The maximum absolute atomic E-state index is 12.7. The van der Waals surface area contributed by atoms with Crippen LogP contribution < -0.4 is 0 Å². The Kier molecular flexibility index (Phi) is 12.1. The molecule has 8 rings (SSSR count). The van der Waals surface area contributed by atoms with Crippen LogP contribution in [0.5, 0.6) is 0 Å². The largest absolute Gasteiger partial charge is 0.361 e. The maximum atomic E-state index is 12.7. The Hall–Kier alpha value is -3.10. The molecule has 10 heteroatoms. The quantitative estimate of drug-likeness (QED) is 0.179. The molecule has 2 amide bonds. The topological polar surface area (TPSA) is 59.1 Å². The summed E-state index contributed by atoms with van der Waals surface area (Å²) >= 11 is 24.6. The first-order valence-corrected chi connectivity index (χ1v) is 19.6. The van der Waals surface area contributed by atoms with Gasteiger partial charge in [-0.3, -0.25) is 9.59 Å². The third kappa shape index (κ3) is 8.65. The third-order valence-electron chi connectivity index (χ3n) is 10.8. The summed E-state index contributed by atoms with van der Waals surface area (Å²) in [5, 5.41) is 2.70. The van der Waals surface area contributed by atoms with Crippen LogP contribution in [0.15, 0.2) is 97.1 Å². The number of benzene rings is 4. The molecule has 272 valence electrons. The number of amides is 2. The van der Waals surface area contributed by atoms with Gasteiger partial charge in [0, 0.05) is 33.2 Å². The number of ether oxygens (including phenoxy) is 2. The fraction of sp³-hybridized carbons (Fsp3) is 0.381. The standard InChI is InChI=1S/2C21H21Cl2NO2/c2*22-17-9-7-15(8-10-17)20-21(16-5-2-6-18(23)11-16)26-13-19(25)24(20)12-14-3-1-4-14/h2*2,5-11,14,20-21H,1,3-4,12-13H2/t2*20-,21+/m10/s1. The minimum absolute atomic E-state index is 0.0510. The lowest BCUT2D eigenvalue weighted by Gasteiger charge is -2.44. The van der Waals surface area contributed by atoms with Gasteiger partial charge < -0.3 is 19.3 Å². The number of nitrogens with zero attached hydrogens (tertiary/aromatic N) is 2. The number of hydrogen-bond donors (Lipinski definition) is 0. The van der Waals surface area contributed by atoms with E-state index in [-0.39, 0.29) is 49.3 Å². The monoisotopic (exact) mass is 778 g/mol. The van der Waals surface area contributed by atoms with Crippen LogP contribution in [0.1, 0.15) is 85.1 Å². The number of carbonyl (C=O) groups is 2. The summed E-state index contributed by atoms with van der Waals surface area (Å²) in [5.41, 5.74) is 4.05. The Bertz CT molecular complexity index is 1710. The first-order chi connectivity index (χ1) is 25.2. The molecular formula is C42H42Cl4N2O4. The third-order valence-corrected chi connectivity index (χ3v) is 11.8. The normalized spacial score (nSPS) is 23.8. The van der Waals surface area contributed by atoms with E-state index < -0.39 is 0 Å². The van der Waals surface area contributed by atoms with Crippen LogP contribution in [0.4, 0.5) is 0 Å². The predicted molar refractivity (Wildman–Crippen MR) is 207 cm³/mol. The first-order valence-electron chi connectivity index (χ1n) is 18.1. The number of halogens is 4. The molecule has 0 spiro atoms. The highest BCUT2D eigenvalue weighted by Crippen LogP contribution is 2.44. The van der Waals surface area contributed by atoms with Gasteiger partial charge in [-0.2, -0.15) is 0 Å². The van der Waals surface area contributed by atoms with Crippen molar-refractivity contribution in [1.29, 1.82) is 0 Å². The van der Waals surface area contributed by atoms with Crippen molar-refractivity contribution in [3.63, 3.8) is 0 Å². The molecule has 0 bridgehead atoms. The second-order valence-corrected chi connectivity index (χ2v) is 16.0. The molecule has 2 saturated carbocycles. The number of rotatable bonds is 8. The average Bonchev–Trinajstić information content (AvgIpc) is 3.10. The molecular weight excluding hydrogens is 738 g/mol. The molecule has 4 aromatic carbocycles. The van der Waals surface area contributed by atoms with Crippen LogP contribution >= 0.6 is 46.4 Å². The molecule has 4 aromatic rings. The molecule has 6 nitrogen and oxygen atoms in total. The summed E-state index contributed by atoms with van der Waals surface area (Å²) < 4.78 is 12.0. The van der Waals surface area contributed by atoms with Crippen molar-refractivity contribution in [2.24, 2.45) is 11.8 Å². The van der Waals surface area contributed by atoms with Crippen LogP contribution in [0.3, 0.4) is 0 Å². The van der Waals surface area contributed by atoms with Crippen LogP contribution in [0.25, 0.3) is 0 Å².